The molecule has 0 N–H and O–H groups in total. The van der Waals surface area contributed by atoms with Gasteiger partial charge in [0.05, 0.1) is 30.8 Å². The van der Waals surface area contributed by atoms with Crippen LogP contribution in [0.5, 0.6) is 0 Å². The Morgan fingerprint density at radius 3 is 2.50 bits per heavy atom. The number of likely N-dealkylation sites (N-methyl/N-ethyl adjacent to an activating group) is 1. The number of hydrogen-bond donors (Lipinski definition) is 0. The fourth-order valence-corrected chi connectivity index (χ4v) is 5.05. The number of hydrogen-bond acceptors (Lipinski definition) is 6. The Kier molecular flexibility index (Phi) is 9.69. The highest BCUT2D eigenvalue weighted by molar-refractivity contribution is 7.90. The molecule has 2 aromatic rings. The lowest BCUT2D eigenvalue weighted by Gasteiger charge is -2.26. The number of sulfone groups is 1. The first-order chi connectivity index (χ1) is 15.1. The van der Waals surface area contributed by atoms with E-state index in [9.17, 15) is 13.2 Å². The zero-order valence-corrected chi connectivity index (χ0v) is 21.0. The number of halogens is 1. The summed E-state index contributed by atoms with van der Waals surface area (Å²) in [4.78, 5) is 20.8. The molecule has 2 rings (SSSR count). The quantitative estimate of drug-likeness (QED) is 0.460. The Bertz CT molecular complexity index is 1010. The molecule has 0 atom stereocenters. The Labute approximate surface area is 196 Å². The molecule has 1 aromatic carbocycles. The highest BCUT2D eigenvalue weighted by Crippen LogP contribution is 2.23. The minimum Gasteiger partial charge on any atom is -0.383 e. The van der Waals surface area contributed by atoms with Crippen LogP contribution < -0.4 is 0 Å². The summed E-state index contributed by atoms with van der Waals surface area (Å²) in [5, 5.41) is 0.345. The molecule has 1 aromatic heterocycles. The van der Waals surface area contributed by atoms with Gasteiger partial charge in [-0.15, -0.1) is 0 Å². The Hall–Kier alpha value is -1.94. The van der Waals surface area contributed by atoms with Gasteiger partial charge < -0.3 is 19.1 Å². The number of methoxy groups -OCH3 is 1. The summed E-state index contributed by atoms with van der Waals surface area (Å²) >= 11 is 6.18. The normalized spacial score (nSPS) is 12.0. The number of nitrogens with zero attached hydrogens (tertiary/aromatic N) is 4. The van der Waals surface area contributed by atoms with Crippen LogP contribution in [0.15, 0.2) is 35.6 Å². The third-order valence-corrected chi connectivity index (χ3v) is 6.92. The van der Waals surface area contributed by atoms with Crippen LogP contribution in [0.3, 0.4) is 0 Å². The number of imidazole rings is 1. The molecule has 10 heteroatoms. The summed E-state index contributed by atoms with van der Waals surface area (Å²) in [6.07, 6.45) is 1.53. The van der Waals surface area contributed by atoms with Crippen LogP contribution in [0.2, 0.25) is 5.02 Å². The molecule has 0 spiro atoms. The summed E-state index contributed by atoms with van der Waals surface area (Å²) in [5.74, 6) is -0.423. The monoisotopic (exact) mass is 484 g/mol. The van der Waals surface area contributed by atoms with E-state index < -0.39 is 9.84 Å². The maximum Gasteiger partial charge on any atom is 0.228 e. The number of carbonyl (C=O) groups excluding carboxylic acids is 1. The van der Waals surface area contributed by atoms with E-state index >= 15 is 0 Å². The standard InChI is InChI=1S/C22H33ClN4O4S/c1-17(2)21(28)26(11-10-25(3)4)15-19-14-24-22(27(19)12-13-31-5)32(29,30)16-18-8-6-7-9-20(18)23/h6-9,14,17H,10-13,15-16H2,1-5H3. The smallest absolute Gasteiger partial charge is 0.228 e. The minimum atomic E-state index is -3.77. The van der Waals surface area contributed by atoms with Gasteiger partial charge in [-0.3, -0.25) is 4.79 Å². The van der Waals surface area contributed by atoms with Crippen LogP contribution in [0, 0.1) is 5.92 Å². The molecule has 0 saturated heterocycles. The molecule has 0 aliphatic rings. The molecule has 0 fully saturated rings. The van der Waals surface area contributed by atoms with Crippen LogP contribution in [-0.2, 0) is 38.2 Å². The summed E-state index contributed by atoms with van der Waals surface area (Å²) < 4.78 is 33.3. The van der Waals surface area contributed by atoms with Crippen LogP contribution in [0.25, 0.3) is 0 Å². The fourth-order valence-electron chi connectivity index (χ4n) is 3.22. The number of carbonyl (C=O) groups is 1. The second-order valence-electron chi connectivity index (χ2n) is 8.24. The highest BCUT2D eigenvalue weighted by atomic mass is 35.5. The van der Waals surface area contributed by atoms with Crippen LogP contribution in [-0.4, -0.2) is 74.6 Å². The molecular formula is C22H33ClN4O4S. The van der Waals surface area contributed by atoms with Crippen molar-refractivity contribution in [2.24, 2.45) is 5.92 Å². The largest absolute Gasteiger partial charge is 0.383 e. The van der Waals surface area contributed by atoms with Crippen molar-refractivity contribution in [2.75, 3.05) is 40.9 Å². The molecule has 0 aliphatic heterocycles. The van der Waals surface area contributed by atoms with Crippen molar-refractivity contribution >= 4 is 27.3 Å². The topological polar surface area (TPSA) is 84.7 Å². The van der Waals surface area contributed by atoms with Gasteiger partial charge in [0.2, 0.25) is 20.9 Å². The van der Waals surface area contributed by atoms with E-state index in [0.717, 1.165) is 0 Å². The van der Waals surface area contributed by atoms with Gasteiger partial charge in [-0.05, 0) is 25.7 Å². The van der Waals surface area contributed by atoms with Crippen LogP contribution >= 0.6 is 11.6 Å². The van der Waals surface area contributed by atoms with Gasteiger partial charge >= 0.3 is 0 Å². The van der Waals surface area contributed by atoms with Crippen molar-refractivity contribution < 1.29 is 17.9 Å². The maximum absolute atomic E-state index is 13.2. The lowest BCUT2D eigenvalue weighted by atomic mass is 10.2. The maximum atomic E-state index is 13.2. The fraction of sp³-hybridized carbons (Fsp3) is 0.545. The van der Waals surface area contributed by atoms with E-state index in [2.05, 4.69) is 4.98 Å². The molecule has 0 aliphatic carbocycles. The first-order valence-electron chi connectivity index (χ1n) is 10.5. The van der Waals surface area contributed by atoms with Crippen molar-refractivity contribution in [3.63, 3.8) is 0 Å². The predicted molar refractivity (Wildman–Crippen MR) is 125 cm³/mol. The zero-order chi connectivity index (χ0) is 23.9. The van der Waals surface area contributed by atoms with Crippen molar-refractivity contribution in [1.82, 2.24) is 19.4 Å². The molecule has 0 bridgehead atoms. The third-order valence-electron chi connectivity index (χ3n) is 4.98. The summed E-state index contributed by atoms with van der Waals surface area (Å²) in [7, 11) is 1.67. The lowest BCUT2D eigenvalue weighted by molar-refractivity contribution is -0.135. The summed E-state index contributed by atoms with van der Waals surface area (Å²) in [5.41, 5.74) is 1.16. The van der Waals surface area contributed by atoms with E-state index in [1.165, 1.54) is 6.20 Å². The van der Waals surface area contributed by atoms with Crippen molar-refractivity contribution in [1.29, 1.82) is 0 Å². The zero-order valence-electron chi connectivity index (χ0n) is 19.4. The Balaban J connectivity index is 2.39. The van der Waals surface area contributed by atoms with Gasteiger partial charge in [0.25, 0.3) is 0 Å². The predicted octanol–water partition coefficient (Wildman–Crippen LogP) is 2.70. The highest BCUT2D eigenvalue weighted by Gasteiger charge is 2.26. The minimum absolute atomic E-state index is 0.00631. The summed E-state index contributed by atoms with van der Waals surface area (Å²) in [6, 6.07) is 6.85. The molecule has 1 heterocycles. The number of amides is 1. The van der Waals surface area contributed by atoms with E-state index in [1.807, 2.05) is 32.8 Å². The molecule has 1 amide bonds. The molecule has 8 nitrogen and oxygen atoms in total. The molecule has 0 saturated carbocycles. The van der Waals surface area contributed by atoms with Crippen LogP contribution in [0.4, 0.5) is 0 Å². The lowest BCUT2D eigenvalue weighted by Crippen LogP contribution is -2.39. The van der Waals surface area contributed by atoms with Gasteiger partial charge in [-0.1, -0.05) is 43.6 Å². The van der Waals surface area contributed by atoms with Crippen molar-refractivity contribution in [3.8, 4) is 0 Å². The van der Waals surface area contributed by atoms with E-state index in [4.69, 9.17) is 16.3 Å². The van der Waals surface area contributed by atoms with Gasteiger partial charge in [-0.2, -0.15) is 0 Å². The first kappa shape index (κ1) is 26.3. The third kappa shape index (κ3) is 7.03. The van der Waals surface area contributed by atoms with Crippen molar-refractivity contribution in [2.45, 2.75) is 37.8 Å². The van der Waals surface area contributed by atoms with Crippen LogP contribution in [0.1, 0.15) is 25.1 Å². The SMILES string of the molecule is COCCn1c(CN(CCN(C)C)C(=O)C(C)C)cnc1S(=O)(=O)Cc1ccccc1Cl. The second kappa shape index (κ2) is 11.8. The van der Waals surface area contributed by atoms with Gasteiger partial charge in [0.15, 0.2) is 0 Å². The molecule has 178 valence electrons. The number of aromatic nitrogens is 2. The average Bonchev–Trinajstić information content (AvgIpc) is 3.13. The van der Waals surface area contributed by atoms with E-state index in [-0.39, 0.29) is 29.3 Å². The first-order valence-corrected chi connectivity index (χ1v) is 12.5. The van der Waals surface area contributed by atoms with Crippen molar-refractivity contribution in [3.05, 3.63) is 46.7 Å². The number of ether oxygens (including phenoxy) is 1. The Morgan fingerprint density at radius 1 is 1.22 bits per heavy atom. The number of benzene rings is 1. The van der Waals surface area contributed by atoms with Gasteiger partial charge in [0.1, 0.15) is 0 Å². The van der Waals surface area contributed by atoms with Gasteiger partial charge in [-0.25, -0.2) is 13.4 Å². The molecule has 32 heavy (non-hydrogen) atoms. The molecule has 0 radical (unpaired) electrons. The Morgan fingerprint density at radius 2 is 1.91 bits per heavy atom. The van der Waals surface area contributed by atoms with Gasteiger partial charge in [0, 0.05) is 37.7 Å². The molecular weight excluding hydrogens is 452 g/mol. The molecule has 0 unspecified atom stereocenters. The summed E-state index contributed by atoms with van der Waals surface area (Å²) in [6.45, 7) is 5.82. The van der Waals surface area contributed by atoms with E-state index in [0.29, 0.717) is 42.5 Å². The average molecular weight is 485 g/mol. The second-order valence-corrected chi connectivity index (χ2v) is 10.5. The number of rotatable bonds is 12. The van der Waals surface area contributed by atoms with E-state index in [1.54, 1.807) is 40.8 Å².